The number of amides is 1. The minimum atomic E-state index is 0. The standard InChI is InChI=1S/C17H28N4O.2ClH/c1-20-11-15(10-19-20)14-5-8-21(12-14)16(22)9-17(13-18)6-3-2-4-7-17;;/h10-11,14H,2-9,12-13,18H2,1H3;2*1H. The fourth-order valence-electron chi connectivity index (χ4n) is 4.10. The highest BCUT2D eigenvalue weighted by Crippen LogP contribution is 2.39. The normalized spacial score (nSPS) is 22.6. The lowest BCUT2D eigenvalue weighted by atomic mass is 9.71. The first-order valence-electron chi connectivity index (χ1n) is 8.58. The van der Waals surface area contributed by atoms with Crippen molar-refractivity contribution in [3.05, 3.63) is 18.0 Å². The zero-order valence-corrected chi connectivity index (χ0v) is 16.1. The number of nitrogens with two attached hydrogens (primary N) is 1. The maximum atomic E-state index is 12.7. The molecule has 0 spiro atoms. The number of aryl methyl sites for hydroxylation is 1. The van der Waals surface area contributed by atoms with Crippen LogP contribution in [0.5, 0.6) is 0 Å². The molecule has 1 aliphatic heterocycles. The van der Waals surface area contributed by atoms with E-state index in [1.165, 1.54) is 24.8 Å². The number of hydrogen-bond acceptors (Lipinski definition) is 3. The molecule has 0 aromatic carbocycles. The summed E-state index contributed by atoms with van der Waals surface area (Å²) in [6.07, 6.45) is 11.7. The second-order valence-electron chi connectivity index (χ2n) is 7.21. The average Bonchev–Trinajstić information content (AvgIpc) is 3.17. The van der Waals surface area contributed by atoms with Gasteiger partial charge in [-0.05, 0) is 36.8 Å². The average molecular weight is 377 g/mol. The van der Waals surface area contributed by atoms with Gasteiger partial charge in [-0.3, -0.25) is 9.48 Å². The first kappa shape index (κ1) is 21.3. The van der Waals surface area contributed by atoms with Gasteiger partial charge in [-0.15, -0.1) is 24.8 Å². The lowest BCUT2D eigenvalue weighted by Crippen LogP contribution is -2.39. The molecule has 24 heavy (non-hydrogen) atoms. The van der Waals surface area contributed by atoms with Crippen LogP contribution in [0.3, 0.4) is 0 Å². The molecule has 1 saturated heterocycles. The van der Waals surface area contributed by atoms with Crippen molar-refractivity contribution >= 4 is 30.7 Å². The van der Waals surface area contributed by atoms with Crippen molar-refractivity contribution in [2.24, 2.45) is 18.2 Å². The number of rotatable bonds is 4. The summed E-state index contributed by atoms with van der Waals surface area (Å²) in [5, 5.41) is 4.25. The van der Waals surface area contributed by atoms with Crippen molar-refractivity contribution in [3.63, 3.8) is 0 Å². The third-order valence-corrected chi connectivity index (χ3v) is 5.61. The molecule has 7 heteroatoms. The van der Waals surface area contributed by atoms with Crippen LogP contribution in [0, 0.1) is 5.41 Å². The number of carbonyl (C=O) groups is 1. The molecule has 2 fully saturated rings. The zero-order valence-electron chi connectivity index (χ0n) is 14.4. The van der Waals surface area contributed by atoms with E-state index in [4.69, 9.17) is 5.73 Å². The first-order chi connectivity index (χ1) is 10.6. The van der Waals surface area contributed by atoms with E-state index in [0.29, 0.717) is 24.8 Å². The minimum absolute atomic E-state index is 0. The fraction of sp³-hybridized carbons (Fsp3) is 0.765. The molecule has 1 saturated carbocycles. The molecule has 138 valence electrons. The predicted molar refractivity (Wildman–Crippen MR) is 101 cm³/mol. The molecular formula is C17H30Cl2N4O. The van der Waals surface area contributed by atoms with Crippen LogP contribution in [0.1, 0.15) is 56.4 Å². The van der Waals surface area contributed by atoms with Crippen LogP contribution in [0.25, 0.3) is 0 Å². The Morgan fingerprint density at radius 1 is 1.33 bits per heavy atom. The van der Waals surface area contributed by atoms with E-state index in [1.54, 1.807) is 0 Å². The number of halogens is 2. The molecule has 0 bridgehead atoms. The van der Waals surface area contributed by atoms with Crippen molar-refractivity contribution in [1.29, 1.82) is 0 Å². The molecule has 1 amide bonds. The Bertz CT molecular complexity index is 528. The van der Waals surface area contributed by atoms with Gasteiger partial charge in [0.05, 0.1) is 6.20 Å². The second-order valence-corrected chi connectivity index (χ2v) is 7.21. The third kappa shape index (κ3) is 4.64. The molecule has 0 radical (unpaired) electrons. The maximum absolute atomic E-state index is 12.7. The Morgan fingerprint density at radius 2 is 2.04 bits per heavy atom. The summed E-state index contributed by atoms with van der Waals surface area (Å²) < 4.78 is 1.84. The van der Waals surface area contributed by atoms with Gasteiger partial charge in [-0.2, -0.15) is 5.10 Å². The van der Waals surface area contributed by atoms with Crippen LogP contribution in [-0.4, -0.2) is 40.2 Å². The summed E-state index contributed by atoms with van der Waals surface area (Å²) in [6.45, 7) is 2.36. The van der Waals surface area contributed by atoms with Crippen molar-refractivity contribution in [2.75, 3.05) is 19.6 Å². The van der Waals surface area contributed by atoms with E-state index in [9.17, 15) is 4.79 Å². The van der Waals surface area contributed by atoms with Gasteiger partial charge in [0, 0.05) is 38.7 Å². The molecule has 1 unspecified atom stereocenters. The van der Waals surface area contributed by atoms with Gasteiger partial charge in [0.15, 0.2) is 0 Å². The molecule has 1 aliphatic carbocycles. The second kappa shape index (κ2) is 9.07. The number of hydrogen-bond donors (Lipinski definition) is 1. The van der Waals surface area contributed by atoms with Crippen molar-refractivity contribution in [1.82, 2.24) is 14.7 Å². The van der Waals surface area contributed by atoms with E-state index >= 15 is 0 Å². The molecule has 2 aliphatic rings. The van der Waals surface area contributed by atoms with Gasteiger partial charge in [-0.1, -0.05) is 19.3 Å². The molecule has 1 aromatic heterocycles. The van der Waals surface area contributed by atoms with Crippen LogP contribution < -0.4 is 5.73 Å². The molecular weight excluding hydrogens is 347 g/mol. The minimum Gasteiger partial charge on any atom is -0.342 e. The molecule has 2 heterocycles. The molecule has 1 aromatic rings. The highest BCUT2D eigenvalue weighted by atomic mass is 35.5. The maximum Gasteiger partial charge on any atom is 0.223 e. The summed E-state index contributed by atoms with van der Waals surface area (Å²) in [5.41, 5.74) is 7.35. The SMILES string of the molecule is Cl.Cl.Cn1cc(C2CCN(C(=O)CC3(CN)CCCCC3)C2)cn1. The highest BCUT2D eigenvalue weighted by Gasteiger charge is 2.36. The summed E-state index contributed by atoms with van der Waals surface area (Å²) in [5.74, 6) is 0.747. The van der Waals surface area contributed by atoms with Gasteiger partial charge in [0.2, 0.25) is 5.91 Å². The predicted octanol–water partition coefficient (Wildman–Crippen LogP) is 2.88. The molecule has 1 atom stereocenters. The van der Waals surface area contributed by atoms with Crippen LogP contribution in [0.15, 0.2) is 12.4 Å². The zero-order chi connectivity index (χ0) is 15.6. The van der Waals surface area contributed by atoms with Crippen LogP contribution in [0.4, 0.5) is 0 Å². The van der Waals surface area contributed by atoms with E-state index in [0.717, 1.165) is 32.4 Å². The van der Waals surface area contributed by atoms with Gasteiger partial charge < -0.3 is 10.6 Å². The lowest BCUT2D eigenvalue weighted by Gasteiger charge is -2.36. The largest absolute Gasteiger partial charge is 0.342 e. The van der Waals surface area contributed by atoms with Crippen molar-refractivity contribution in [2.45, 2.75) is 50.9 Å². The molecule has 3 rings (SSSR count). The Balaban J connectivity index is 0.00000144. The molecule has 5 nitrogen and oxygen atoms in total. The number of nitrogens with zero attached hydrogens (tertiary/aromatic N) is 3. The monoisotopic (exact) mass is 376 g/mol. The van der Waals surface area contributed by atoms with E-state index in [2.05, 4.69) is 11.3 Å². The first-order valence-corrected chi connectivity index (χ1v) is 8.58. The van der Waals surface area contributed by atoms with E-state index in [-0.39, 0.29) is 30.2 Å². The van der Waals surface area contributed by atoms with E-state index < -0.39 is 0 Å². The lowest BCUT2D eigenvalue weighted by molar-refractivity contribution is -0.133. The Kier molecular flexibility index (Phi) is 8.03. The van der Waals surface area contributed by atoms with E-state index in [1.807, 2.05) is 22.8 Å². The van der Waals surface area contributed by atoms with Gasteiger partial charge in [-0.25, -0.2) is 0 Å². The van der Waals surface area contributed by atoms with Gasteiger partial charge in [0.25, 0.3) is 0 Å². The van der Waals surface area contributed by atoms with Crippen LogP contribution in [-0.2, 0) is 11.8 Å². The van der Waals surface area contributed by atoms with Crippen LogP contribution in [0.2, 0.25) is 0 Å². The van der Waals surface area contributed by atoms with Gasteiger partial charge >= 0.3 is 0 Å². The highest BCUT2D eigenvalue weighted by molar-refractivity contribution is 5.85. The fourth-order valence-corrected chi connectivity index (χ4v) is 4.10. The summed E-state index contributed by atoms with van der Waals surface area (Å²) in [4.78, 5) is 14.8. The topological polar surface area (TPSA) is 64.2 Å². The Morgan fingerprint density at radius 3 is 2.62 bits per heavy atom. The van der Waals surface area contributed by atoms with Crippen molar-refractivity contribution in [3.8, 4) is 0 Å². The smallest absolute Gasteiger partial charge is 0.223 e. The Labute approximate surface area is 157 Å². The number of carbonyl (C=O) groups excluding carboxylic acids is 1. The molecule has 2 N–H and O–H groups in total. The number of aromatic nitrogens is 2. The van der Waals surface area contributed by atoms with Crippen molar-refractivity contribution < 1.29 is 4.79 Å². The number of likely N-dealkylation sites (tertiary alicyclic amines) is 1. The summed E-state index contributed by atoms with van der Waals surface area (Å²) in [7, 11) is 1.94. The van der Waals surface area contributed by atoms with Crippen LogP contribution >= 0.6 is 24.8 Å². The quantitative estimate of drug-likeness (QED) is 0.878. The summed E-state index contributed by atoms with van der Waals surface area (Å²) >= 11 is 0. The van der Waals surface area contributed by atoms with Gasteiger partial charge in [0.1, 0.15) is 0 Å². The third-order valence-electron chi connectivity index (χ3n) is 5.61. The Hall–Kier alpha value is -0.780. The summed E-state index contributed by atoms with van der Waals surface area (Å²) in [6, 6.07) is 0.